The zero-order valence-corrected chi connectivity index (χ0v) is 12.5. The van der Waals surface area contributed by atoms with E-state index in [1.807, 2.05) is 60.7 Å². The van der Waals surface area contributed by atoms with Crippen LogP contribution in [-0.4, -0.2) is 11.6 Å². The molecule has 1 aliphatic heterocycles. The third-order valence-corrected chi connectivity index (χ3v) is 4.11. The number of hydrogen-bond donors (Lipinski definition) is 0. The Hall–Kier alpha value is -2.49. The van der Waals surface area contributed by atoms with Crippen molar-refractivity contribution in [2.24, 2.45) is 0 Å². The second-order valence-electron chi connectivity index (χ2n) is 5.69. The fraction of sp³-hybridized carbons (Fsp3) is 0.150. The molecule has 2 aliphatic rings. The second-order valence-corrected chi connectivity index (χ2v) is 5.69. The summed E-state index contributed by atoms with van der Waals surface area (Å²) in [6.45, 7) is 0. The average Bonchev–Trinajstić information content (AvgIpc) is 2.99. The predicted molar refractivity (Wildman–Crippen MR) is 86.6 cm³/mol. The maximum Gasteiger partial charge on any atom is 0.210 e. The standard InChI is InChI=1S/C20H16O3/c21-17-11-13-20(14-12-17)22-18(15-7-3-1-4-8-15)19(23-20)16-9-5-2-6-10-16/h1-14,18-19H. The molecule has 3 heteroatoms. The van der Waals surface area contributed by atoms with Gasteiger partial charge in [0, 0.05) is 0 Å². The molecule has 2 aromatic carbocycles. The average molecular weight is 304 g/mol. The largest absolute Gasteiger partial charge is 0.332 e. The molecule has 0 N–H and O–H groups in total. The highest BCUT2D eigenvalue weighted by Crippen LogP contribution is 2.48. The van der Waals surface area contributed by atoms with Crippen LogP contribution in [0.5, 0.6) is 0 Å². The van der Waals surface area contributed by atoms with Crippen LogP contribution in [0.15, 0.2) is 85.0 Å². The maximum absolute atomic E-state index is 11.4. The Morgan fingerprint density at radius 3 is 1.57 bits per heavy atom. The molecular formula is C20H16O3. The van der Waals surface area contributed by atoms with Crippen LogP contribution in [0.1, 0.15) is 23.3 Å². The third-order valence-electron chi connectivity index (χ3n) is 4.11. The molecule has 1 aliphatic carbocycles. The van der Waals surface area contributed by atoms with E-state index in [-0.39, 0.29) is 18.0 Å². The van der Waals surface area contributed by atoms with Crippen LogP contribution in [0.2, 0.25) is 0 Å². The lowest BCUT2D eigenvalue weighted by Gasteiger charge is -2.22. The van der Waals surface area contributed by atoms with Gasteiger partial charge in [-0.3, -0.25) is 4.79 Å². The number of allylic oxidation sites excluding steroid dienone is 2. The number of ether oxygens (including phenoxy) is 2. The van der Waals surface area contributed by atoms with Gasteiger partial charge in [0.15, 0.2) is 5.78 Å². The molecule has 1 saturated heterocycles. The second kappa shape index (κ2) is 5.61. The minimum Gasteiger partial charge on any atom is -0.332 e. The molecule has 2 unspecified atom stereocenters. The first-order valence-corrected chi connectivity index (χ1v) is 7.64. The summed E-state index contributed by atoms with van der Waals surface area (Å²) in [5.74, 6) is -1.03. The lowest BCUT2D eigenvalue weighted by Crippen LogP contribution is -2.27. The third kappa shape index (κ3) is 2.65. The summed E-state index contributed by atoms with van der Waals surface area (Å²) in [5.41, 5.74) is 2.11. The first kappa shape index (κ1) is 14.1. The fourth-order valence-electron chi connectivity index (χ4n) is 2.98. The van der Waals surface area contributed by atoms with Gasteiger partial charge in [0.25, 0.3) is 0 Å². The van der Waals surface area contributed by atoms with Crippen molar-refractivity contribution in [2.75, 3.05) is 0 Å². The number of benzene rings is 2. The molecule has 4 rings (SSSR count). The Morgan fingerprint density at radius 2 is 1.13 bits per heavy atom. The van der Waals surface area contributed by atoms with Crippen molar-refractivity contribution in [1.82, 2.24) is 0 Å². The van der Waals surface area contributed by atoms with Gasteiger partial charge < -0.3 is 9.47 Å². The van der Waals surface area contributed by atoms with Crippen molar-refractivity contribution in [3.8, 4) is 0 Å². The first-order chi connectivity index (χ1) is 11.3. The lowest BCUT2D eigenvalue weighted by atomic mass is 9.99. The van der Waals surface area contributed by atoms with Crippen LogP contribution < -0.4 is 0 Å². The molecule has 2 aromatic rings. The molecule has 1 spiro atoms. The van der Waals surface area contributed by atoms with E-state index in [0.717, 1.165) is 11.1 Å². The summed E-state index contributed by atoms with van der Waals surface area (Å²) in [5, 5.41) is 0. The Morgan fingerprint density at radius 1 is 0.696 bits per heavy atom. The summed E-state index contributed by atoms with van der Waals surface area (Å²) in [4.78, 5) is 11.4. The van der Waals surface area contributed by atoms with Gasteiger partial charge in [-0.05, 0) is 35.4 Å². The van der Waals surface area contributed by atoms with Gasteiger partial charge >= 0.3 is 0 Å². The van der Waals surface area contributed by atoms with Crippen LogP contribution in [-0.2, 0) is 14.3 Å². The van der Waals surface area contributed by atoms with Crippen molar-refractivity contribution in [3.63, 3.8) is 0 Å². The minimum absolute atomic E-state index is 0.0535. The molecule has 0 saturated carbocycles. The van der Waals surface area contributed by atoms with E-state index in [4.69, 9.17) is 9.47 Å². The summed E-state index contributed by atoms with van der Waals surface area (Å²) < 4.78 is 12.5. The molecule has 1 heterocycles. The number of carbonyl (C=O) groups excluding carboxylic acids is 1. The lowest BCUT2D eigenvalue weighted by molar-refractivity contribution is -0.115. The highest BCUT2D eigenvalue weighted by molar-refractivity contribution is 6.00. The van der Waals surface area contributed by atoms with Gasteiger partial charge in [-0.2, -0.15) is 0 Å². The van der Waals surface area contributed by atoms with E-state index in [1.54, 1.807) is 12.2 Å². The zero-order chi connectivity index (χ0) is 15.7. The van der Waals surface area contributed by atoms with Crippen molar-refractivity contribution >= 4 is 5.78 Å². The Balaban J connectivity index is 1.74. The Bertz CT molecular complexity index is 696. The molecule has 114 valence electrons. The van der Waals surface area contributed by atoms with Crippen molar-refractivity contribution in [1.29, 1.82) is 0 Å². The summed E-state index contributed by atoms with van der Waals surface area (Å²) >= 11 is 0. The molecule has 1 fully saturated rings. The SMILES string of the molecule is O=C1C=CC2(C=C1)OC(c1ccccc1)C(c1ccccc1)O2. The van der Waals surface area contributed by atoms with Gasteiger partial charge in [-0.1, -0.05) is 60.7 Å². The van der Waals surface area contributed by atoms with E-state index in [0.29, 0.717) is 0 Å². The highest BCUT2D eigenvalue weighted by atomic mass is 16.8. The normalized spacial score (nSPS) is 25.1. The minimum atomic E-state index is -0.977. The molecule has 2 atom stereocenters. The highest BCUT2D eigenvalue weighted by Gasteiger charge is 2.46. The quantitative estimate of drug-likeness (QED) is 0.844. The van der Waals surface area contributed by atoms with E-state index < -0.39 is 5.79 Å². The molecule has 0 amide bonds. The number of ketones is 1. The van der Waals surface area contributed by atoms with Crippen LogP contribution in [0.4, 0.5) is 0 Å². The summed E-state index contributed by atoms with van der Waals surface area (Å²) in [6.07, 6.45) is 5.90. The van der Waals surface area contributed by atoms with E-state index in [1.165, 1.54) is 12.2 Å². The van der Waals surface area contributed by atoms with Gasteiger partial charge in [0.1, 0.15) is 12.2 Å². The van der Waals surface area contributed by atoms with Gasteiger partial charge in [0.05, 0.1) is 0 Å². The van der Waals surface area contributed by atoms with Crippen molar-refractivity contribution < 1.29 is 14.3 Å². The maximum atomic E-state index is 11.4. The van der Waals surface area contributed by atoms with Crippen LogP contribution in [0.25, 0.3) is 0 Å². The summed E-state index contributed by atoms with van der Waals surface area (Å²) in [7, 11) is 0. The van der Waals surface area contributed by atoms with Gasteiger partial charge in [-0.25, -0.2) is 0 Å². The summed E-state index contributed by atoms with van der Waals surface area (Å²) in [6, 6.07) is 20.0. The predicted octanol–water partition coefficient (Wildman–Crippen LogP) is 3.91. The zero-order valence-electron chi connectivity index (χ0n) is 12.5. The molecule has 23 heavy (non-hydrogen) atoms. The topological polar surface area (TPSA) is 35.5 Å². The Labute approximate surface area is 134 Å². The molecule has 0 bridgehead atoms. The van der Waals surface area contributed by atoms with Crippen molar-refractivity contribution in [2.45, 2.75) is 18.0 Å². The fourth-order valence-corrected chi connectivity index (χ4v) is 2.98. The van der Waals surface area contributed by atoms with Crippen LogP contribution >= 0.6 is 0 Å². The smallest absolute Gasteiger partial charge is 0.210 e. The van der Waals surface area contributed by atoms with E-state index in [2.05, 4.69) is 0 Å². The van der Waals surface area contributed by atoms with E-state index >= 15 is 0 Å². The molecule has 3 nitrogen and oxygen atoms in total. The Kier molecular flexibility index (Phi) is 3.45. The van der Waals surface area contributed by atoms with Crippen LogP contribution in [0, 0.1) is 0 Å². The van der Waals surface area contributed by atoms with Crippen LogP contribution in [0.3, 0.4) is 0 Å². The number of hydrogen-bond acceptors (Lipinski definition) is 3. The molecule has 0 radical (unpaired) electrons. The first-order valence-electron chi connectivity index (χ1n) is 7.64. The van der Waals surface area contributed by atoms with Gasteiger partial charge in [-0.15, -0.1) is 0 Å². The molecule has 0 aromatic heterocycles. The van der Waals surface area contributed by atoms with E-state index in [9.17, 15) is 4.79 Å². The monoisotopic (exact) mass is 304 g/mol. The number of rotatable bonds is 2. The van der Waals surface area contributed by atoms with Gasteiger partial charge in [0.2, 0.25) is 5.79 Å². The van der Waals surface area contributed by atoms with Crippen molar-refractivity contribution in [3.05, 3.63) is 96.1 Å². The number of carbonyl (C=O) groups is 1. The molecular weight excluding hydrogens is 288 g/mol.